The summed E-state index contributed by atoms with van der Waals surface area (Å²) in [5.74, 6) is -0.112. The number of hydrogen-bond donors (Lipinski definition) is 3. The molecule has 0 radical (unpaired) electrons. The van der Waals surface area contributed by atoms with Crippen molar-refractivity contribution in [3.05, 3.63) is 93.2 Å². The van der Waals surface area contributed by atoms with E-state index in [-0.39, 0.29) is 5.91 Å². The minimum absolute atomic E-state index is 0.0206. The lowest BCUT2D eigenvalue weighted by molar-refractivity contribution is -0.144. The van der Waals surface area contributed by atoms with E-state index in [4.69, 9.17) is 9.97 Å². The molecular weight excluding hydrogens is 623 g/mol. The second-order valence-electron chi connectivity index (χ2n) is 12.8. The maximum absolute atomic E-state index is 13.7. The van der Waals surface area contributed by atoms with Crippen molar-refractivity contribution in [3.63, 3.8) is 0 Å². The van der Waals surface area contributed by atoms with E-state index in [1.165, 1.54) is 21.8 Å². The number of carboxylic acids is 1. The van der Waals surface area contributed by atoms with Crippen LogP contribution in [0.25, 0.3) is 22.0 Å². The fourth-order valence-electron chi connectivity index (χ4n) is 7.40. The minimum atomic E-state index is -0.755. The third-order valence-electron chi connectivity index (χ3n) is 9.88. The zero-order chi connectivity index (χ0) is 32.8. The van der Waals surface area contributed by atoms with Gasteiger partial charge >= 0.3 is 5.97 Å². The van der Waals surface area contributed by atoms with E-state index in [1.807, 2.05) is 46.3 Å². The van der Waals surface area contributed by atoms with Crippen LogP contribution in [0, 0.1) is 6.92 Å². The summed E-state index contributed by atoms with van der Waals surface area (Å²) in [6, 6.07) is 16.0. The van der Waals surface area contributed by atoms with Crippen LogP contribution in [0.15, 0.2) is 60.9 Å². The normalized spacial score (nSPS) is 17.7. The Hall–Kier alpha value is -4.71. The molecule has 1 atom stereocenters. The Bertz CT molecular complexity index is 2040. The fraction of sp³-hybridized carbons (Fsp3) is 0.324. The monoisotopic (exact) mass is 659 g/mol. The molecule has 11 heteroatoms. The molecule has 3 aliphatic heterocycles. The number of carbonyl (C=O) groups is 2. The van der Waals surface area contributed by atoms with Crippen LogP contribution in [0.4, 0.5) is 17.2 Å². The number of carbonyl (C=O) groups excluding carboxylic acids is 1. The number of anilines is 3. The average Bonchev–Trinajstić information content (AvgIpc) is 3.74. The Morgan fingerprint density at radius 3 is 2.81 bits per heavy atom. The SMILES string of the molecule is Cc1c(Nc2nccc3cc(CN4CCCCC4C(=O)O)cnc23)cccc1-c1cccc2c1CCN2C(=O)c1nc2c(s1)CNCC2. The summed E-state index contributed by atoms with van der Waals surface area (Å²) in [7, 11) is 0. The Morgan fingerprint density at radius 2 is 1.94 bits per heavy atom. The van der Waals surface area contributed by atoms with Crippen LogP contribution in [-0.4, -0.2) is 62.5 Å². The van der Waals surface area contributed by atoms with Crippen LogP contribution >= 0.6 is 11.3 Å². The summed E-state index contributed by atoms with van der Waals surface area (Å²) in [5, 5.41) is 18.2. The molecular formula is C37H37N7O3S. The van der Waals surface area contributed by atoms with Crippen molar-refractivity contribution in [2.75, 3.05) is 29.9 Å². The number of aliphatic carboxylic acids is 1. The summed E-state index contributed by atoms with van der Waals surface area (Å²) < 4.78 is 0. The van der Waals surface area contributed by atoms with Crippen LogP contribution in [0.5, 0.6) is 0 Å². The first-order valence-electron chi connectivity index (χ1n) is 16.6. The van der Waals surface area contributed by atoms with Crippen LogP contribution in [0.1, 0.15) is 56.3 Å². The van der Waals surface area contributed by atoms with Gasteiger partial charge < -0.3 is 20.6 Å². The quantitative estimate of drug-likeness (QED) is 0.190. The Morgan fingerprint density at radius 1 is 1.06 bits per heavy atom. The van der Waals surface area contributed by atoms with E-state index in [0.29, 0.717) is 30.3 Å². The summed E-state index contributed by atoms with van der Waals surface area (Å²) in [5.41, 5.74) is 9.17. The van der Waals surface area contributed by atoms with E-state index in [1.54, 1.807) is 6.20 Å². The van der Waals surface area contributed by atoms with Crippen LogP contribution in [0.3, 0.4) is 0 Å². The van der Waals surface area contributed by atoms with E-state index in [9.17, 15) is 14.7 Å². The van der Waals surface area contributed by atoms with Crippen LogP contribution in [-0.2, 0) is 30.7 Å². The first-order valence-corrected chi connectivity index (χ1v) is 17.5. The van der Waals surface area contributed by atoms with Gasteiger partial charge in [0.2, 0.25) is 0 Å². The van der Waals surface area contributed by atoms with Crippen molar-refractivity contribution in [2.45, 2.75) is 58.2 Å². The van der Waals surface area contributed by atoms with Crippen LogP contribution in [0.2, 0.25) is 0 Å². The minimum Gasteiger partial charge on any atom is -0.480 e. The third kappa shape index (κ3) is 5.61. The molecule has 0 saturated carbocycles. The molecule has 0 spiro atoms. The predicted octanol–water partition coefficient (Wildman–Crippen LogP) is 6.09. The number of piperidine rings is 1. The van der Waals surface area contributed by atoms with E-state index >= 15 is 0 Å². The number of thiazole rings is 1. The average molecular weight is 660 g/mol. The number of benzene rings is 2. The molecule has 1 amide bonds. The predicted molar refractivity (Wildman–Crippen MR) is 188 cm³/mol. The molecule has 8 rings (SSSR count). The summed E-state index contributed by atoms with van der Waals surface area (Å²) in [4.78, 5) is 44.8. The lowest BCUT2D eigenvalue weighted by atomic mass is 9.93. The standard InChI is InChI=1S/C37H37N7O3S/c1-22-25(26-7-5-10-30-27(26)13-17-44(30)36(45)35-42-29-12-14-38-20-32(29)48-35)6-4-8-28(22)41-34-33-24(11-15-39-34)18-23(19-40-33)21-43-16-3-2-9-31(43)37(46)47/h4-8,10-11,15,18-19,31,38H,2-3,9,12-14,16-17,20-21H2,1H3,(H,39,41)(H,46,47). The van der Waals surface area contributed by atoms with Gasteiger partial charge in [0, 0.05) is 66.6 Å². The highest BCUT2D eigenvalue weighted by atomic mass is 32.1. The van der Waals surface area contributed by atoms with Gasteiger partial charge in [0.1, 0.15) is 11.6 Å². The number of nitrogens with one attached hydrogen (secondary N) is 2. The lowest BCUT2D eigenvalue weighted by Crippen LogP contribution is -2.44. The molecule has 1 saturated heterocycles. The highest BCUT2D eigenvalue weighted by Crippen LogP contribution is 2.40. The van der Waals surface area contributed by atoms with E-state index in [0.717, 1.165) is 95.5 Å². The van der Waals surface area contributed by atoms with Gasteiger partial charge in [-0.1, -0.05) is 30.7 Å². The first kappa shape index (κ1) is 30.6. The number of carboxylic acid groups (broad SMARTS) is 1. The molecule has 0 bridgehead atoms. The first-order chi connectivity index (χ1) is 23.4. The second-order valence-corrected chi connectivity index (χ2v) is 13.9. The topological polar surface area (TPSA) is 124 Å². The van der Waals surface area contributed by atoms with Crippen molar-refractivity contribution in [3.8, 4) is 11.1 Å². The number of rotatable bonds is 7. The maximum atomic E-state index is 13.7. The van der Waals surface area contributed by atoms with Gasteiger partial charge in [-0.2, -0.15) is 0 Å². The summed E-state index contributed by atoms with van der Waals surface area (Å²) in [6.07, 6.45) is 7.90. The smallest absolute Gasteiger partial charge is 0.320 e. The van der Waals surface area contributed by atoms with Crippen molar-refractivity contribution in [1.29, 1.82) is 0 Å². The second kappa shape index (κ2) is 12.7. The number of amides is 1. The number of fused-ring (bicyclic) bond motifs is 3. The van der Waals surface area contributed by atoms with Gasteiger partial charge in [-0.15, -0.1) is 11.3 Å². The van der Waals surface area contributed by atoms with Crippen molar-refractivity contribution < 1.29 is 14.7 Å². The zero-order valence-electron chi connectivity index (χ0n) is 26.8. The van der Waals surface area contributed by atoms with E-state index in [2.05, 4.69) is 40.7 Å². The Labute approximate surface area is 282 Å². The third-order valence-corrected chi connectivity index (χ3v) is 11.0. The number of nitrogens with zero attached hydrogens (tertiary/aromatic N) is 5. The van der Waals surface area contributed by atoms with Crippen molar-refractivity contribution >= 4 is 51.3 Å². The maximum Gasteiger partial charge on any atom is 0.320 e. The van der Waals surface area contributed by atoms with Crippen LogP contribution < -0.4 is 15.5 Å². The molecule has 2 aromatic carbocycles. The zero-order valence-corrected chi connectivity index (χ0v) is 27.6. The van der Waals surface area contributed by atoms with Gasteiger partial charge in [-0.25, -0.2) is 9.97 Å². The van der Waals surface area contributed by atoms with E-state index < -0.39 is 12.0 Å². The summed E-state index contributed by atoms with van der Waals surface area (Å²) in [6.45, 7) is 5.75. The molecule has 10 nitrogen and oxygen atoms in total. The molecule has 5 aromatic rings. The Kier molecular flexibility index (Phi) is 8.11. The highest BCUT2D eigenvalue weighted by molar-refractivity contribution is 7.13. The molecule has 3 aromatic heterocycles. The van der Waals surface area contributed by atoms with Crippen molar-refractivity contribution in [2.24, 2.45) is 0 Å². The highest BCUT2D eigenvalue weighted by Gasteiger charge is 2.31. The summed E-state index contributed by atoms with van der Waals surface area (Å²) >= 11 is 1.51. The molecule has 3 aliphatic rings. The van der Waals surface area contributed by atoms with Gasteiger partial charge in [-0.05, 0) is 84.8 Å². The number of likely N-dealkylation sites (tertiary alicyclic amines) is 1. The largest absolute Gasteiger partial charge is 0.480 e. The number of hydrogen-bond acceptors (Lipinski definition) is 9. The van der Waals surface area contributed by atoms with Crippen molar-refractivity contribution in [1.82, 2.24) is 25.2 Å². The van der Waals surface area contributed by atoms with Gasteiger partial charge in [-0.3, -0.25) is 19.5 Å². The fourth-order valence-corrected chi connectivity index (χ4v) is 8.42. The molecule has 48 heavy (non-hydrogen) atoms. The molecule has 1 unspecified atom stereocenters. The Balaban J connectivity index is 1.05. The molecule has 0 aliphatic carbocycles. The molecule has 1 fully saturated rings. The molecule has 6 heterocycles. The molecule has 3 N–H and O–H groups in total. The van der Waals surface area contributed by atoms with Gasteiger partial charge in [0.15, 0.2) is 10.8 Å². The number of pyridine rings is 2. The lowest BCUT2D eigenvalue weighted by Gasteiger charge is -2.32. The van der Waals surface area contributed by atoms with Gasteiger partial charge in [0.25, 0.3) is 5.91 Å². The molecule has 244 valence electrons. The number of aromatic nitrogens is 3. The van der Waals surface area contributed by atoms with Gasteiger partial charge in [0.05, 0.1) is 5.69 Å².